The Labute approximate surface area is 183 Å². The molecule has 1 fully saturated rings. The number of carbonyl (C=O) groups excluding carboxylic acids is 1. The molecule has 2 aliphatic rings. The van der Waals surface area contributed by atoms with Crippen molar-refractivity contribution >= 4 is 5.91 Å². The molecular formula is C22H21N7O3. The molecule has 10 heteroatoms. The molecule has 6 rings (SSSR count). The fraction of sp³-hybridized carbons (Fsp3) is 0.318. The molecule has 0 N–H and O–H groups in total. The Morgan fingerprint density at radius 3 is 2.97 bits per heavy atom. The van der Waals surface area contributed by atoms with Gasteiger partial charge in [0, 0.05) is 43.8 Å². The van der Waals surface area contributed by atoms with Gasteiger partial charge in [0.15, 0.2) is 0 Å². The van der Waals surface area contributed by atoms with Gasteiger partial charge in [0.1, 0.15) is 17.8 Å². The molecule has 0 saturated carbocycles. The van der Waals surface area contributed by atoms with Crippen molar-refractivity contribution in [3.8, 4) is 34.2 Å². The van der Waals surface area contributed by atoms with Gasteiger partial charge in [-0.3, -0.25) is 9.48 Å². The van der Waals surface area contributed by atoms with Crippen molar-refractivity contribution in [1.82, 2.24) is 34.4 Å². The zero-order valence-corrected chi connectivity index (χ0v) is 17.8. The number of imidazole rings is 1. The molecule has 1 aromatic carbocycles. The van der Waals surface area contributed by atoms with Crippen molar-refractivity contribution in [3.05, 3.63) is 47.9 Å². The van der Waals surface area contributed by atoms with Crippen LogP contribution in [0.1, 0.15) is 30.0 Å². The number of ether oxygens (including phenoxy) is 1. The summed E-state index contributed by atoms with van der Waals surface area (Å²) in [5.41, 5.74) is 5.54. The van der Waals surface area contributed by atoms with E-state index in [-0.39, 0.29) is 5.91 Å². The van der Waals surface area contributed by atoms with Gasteiger partial charge < -0.3 is 18.7 Å². The Morgan fingerprint density at radius 2 is 2.16 bits per heavy atom. The van der Waals surface area contributed by atoms with Gasteiger partial charge in [0.2, 0.25) is 17.6 Å². The summed E-state index contributed by atoms with van der Waals surface area (Å²) in [4.78, 5) is 22.9. The van der Waals surface area contributed by atoms with Crippen LogP contribution in [0.25, 0.3) is 28.5 Å². The minimum atomic E-state index is 0.122. The van der Waals surface area contributed by atoms with Gasteiger partial charge in [-0.15, -0.1) is 0 Å². The van der Waals surface area contributed by atoms with Gasteiger partial charge >= 0.3 is 0 Å². The van der Waals surface area contributed by atoms with Gasteiger partial charge in [-0.2, -0.15) is 10.1 Å². The number of amides is 1. The Morgan fingerprint density at radius 1 is 1.25 bits per heavy atom. The van der Waals surface area contributed by atoms with Crippen LogP contribution in [0.15, 0.2) is 35.2 Å². The average molecular weight is 431 g/mol. The van der Waals surface area contributed by atoms with E-state index < -0.39 is 0 Å². The summed E-state index contributed by atoms with van der Waals surface area (Å²) < 4.78 is 14.8. The lowest BCUT2D eigenvalue weighted by atomic mass is 10.0. The maximum Gasteiger partial charge on any atom is 0.246 e. The molecule has 0 spiro atoms. The predicted octanol–water partition coefficient (Wildman–Crippen LogP) is 2.36. The third-order valence-corrected chi connectivity index (χ3v) is 6.02. The second kappa shape index (κ2) is 7.04. The van der Waals surface area contributed by atoms with Crippen LogP contribution in [-0.4, -0.2) is 53.9 Å². The second-order valence-corrected chi connectivity index (χ2v) is 8.08. The molecule has 0 radical (unpaired) electrons. The molecule has 2 aliphatic heterocycles. The number of carbonyl (C=O) groups is 1. The van der Waals surface area contributed by atoms with Crippen molar-refractivity contribution in [2.45, 2.75) is 25.8 Å². The summed E-state index contributed by atoms with van der Waals surface area (Å²) in [6, 6.07) is 5.93. The van der Waals surface area contributed by atoms with E-state index in [2.05, 4.69) is 15.1 Å². The molecule has 4 aromatic rings. The quantitative estimate of drug-likeness (QED) is 0.430. The molecule has 5 heterocycles. The standard InChI is InChI=1S/C22H21N7O3/c1-27-10-13-8-17-21(22-24-18(32-26-22)11-28-7-3-4-19(28)30)23-12-29(17)16-6-5-14(31-2)9-15(16)20(13)25-27/h5-6,9-10,12H,3-4,7-8,11H2,1-2H3. The third-order valence-electron chi connectivity index (χ3n) is 6.02. The molecule has 1 saturated heterocycles. The largest absolute Gasteiger partial charge is 0.497 e. The molecule has 0 bridgehead atoms. The molecule has 32 heavy (non-hydrogen) atoms. The topological polar surface area (TPSA) is 104 Å². The Kier molecular flexibility index (Phi) is 4.14. The maximum atomic E-state index is 11.9. The highest BCUT2D eigenvalue weighted by Crippen LogP contribution is 2.38. The van der Waals surface area contributed by atoms with Crippen molar-refractivity contribution < 1.29 is 14.1 Å². The van der Waals surface area contributed by atoms with Gasteiger partial charge in [0.05, 0.1) is 30.7 Å². The van der Waals surface area contributed by atoms with E-state index in [9.17, 15) is 4.79 Å². The third kappa shape index (κ3) is 2.90. The van der Waals surface area contributed by atoms with E-state index in [1.807, 2.05) is 40.7 Å². The summed E-state index contributed by atoms with van der Waals surface area (Å²) in [5.74, 6) is 1.72. The fourth-order valence-electron chi connectivity index (χ4n) is 4.50. The zero-order valence-electron chi connectivity index (χ0n) is 17.8. The molecule has 0 aliphatic carbocycles. The van der Waals surface area contributed by atoms with E-state index in [0.29, 0.717) is 36.8 Å². The van der Waals surface area contributed by atoms with Crippen molar-refractivity contribution in [2.75, 3.05) is 13.7 Å². The molecule has 10 nitrogen and oxygen atoms in total. The number of hydrogen-bond donors (Lipinski definition) is 0. The van der Waals surface area contributed by atoms with Crippen LogP contribution in [0.2, 0.25) is 0 Å². The number of hydrogen-bond acceptors (Lipinski definition) is 7. The molecule has 0 unspecified atom stereocenters. The van der Waals surface area contributed by atoms with Gasteiger partial charge in [-0.1, -0.05) is 5.16 Å². The summed E-state index contributed by atoms with van der Waals surface area (Å²) in [7, 11) is 3.57. The van der Waals surface area contributed by atoms with E-state index in [1.165, 1.54) is 0 Å². The predicted molar refractivity (Wildman–Crippen MR) is 113 cm³/mol. The summed E-state index contributed by atoms with van der Waals surface area (Å²) in [6.45, 7) is 1.05. The first-order valence-electron chi connectivity index (χ1n) is 10.5. The van der Waals surface area contributed by atoms with Crippen LogP contribution in [0.4, 0.5) is 0 Å². The minimum absolute atomic E-state index is 0.122. The first-order valence-corrected chi connectivity index (χ1v) is 10.5. The summed E-state index contributed by atoms with van der Waals surface area (Å²) in [6.07, 6.45) is 5.86. The number of rotatable bonds is 4. The Hall–Kier alpha value is -3.95. The van der Waals surface area contributed by atoms with Crippen molar-refractivity contribution in [2.24, 2.45) is 7.05 Å². The van der Waals surface area contributed by atoms with Crippen LogP contribution in [-0.2, 0) is 24.8 Å². The number of fused-ring (bicyclic) bond motifs is 5. The Balaban J connectivity index is 1.43. The lowest BCUT2D eigenvalue weighted by molar-refractivity contribution is -0.128. The average Bonchev–Trinajstić information content (AvgIpc) is 3.56. The maximum absolute atomic E-state index is 11.9. The smallest absolute Gasteiger partial charge is 0.246 e. The number of methoxy groups -OCH3 is 1. The van der Waals surface area contributed by atoms with Crippen LogP contribution in [0.5, 0.6) is 5.75 Å². The highest BCUT2D eigenvalue weighted by Gasteiger charge is 2.28. The van der Waals surface area contributed by atoms with Gasteiger partial charge in [-0.25, -0.2) is 4.98 Å². The first kappa shape index (κ1) is 18.8. The van der Waals surface area contributed by atoms with Crippen molar-refractivity contribution in [1.29, 1.82) is 0 Å². The molecule has 0 atom stereocenters. The summed E-state index contributed by atoms with van der Waals surface area (Å²) in [5, 5.41) is 8.87. The second-order valence-electron chi connectivity index (χ2n) is 8.08. The van der Waals surface area contributed by atoms with Crippen LogP contribution in [0, 0.1) is 0 Å². The number of benzene rings is 1. The van der Waals surface area contributed by atoms with Crippen LogP contribution >= 0.6 is 0 Å². The van der Waals surface area contributed by atoms with E-state index in [4.69, 9.17) is 14.4 Å². The SMILES string of the molecule is COc1ccc2c(c1)-c1nn(C)cc1Cc1c(-c3noc(CN4CCCC4=O)n3)ncn1-2. The number of aryl methyl sites for hydroxylation is 1. The molecule has 1 amide bonds. The number of likely N-dealkylation sites (tertiary alicyclic amines) is 1. The fourth-order valence-corrected chi connectivity index (χ4v) is 4.50. The lowest BCUT2D eigenvalue weighted by Crippen LogP contribution is -2.23. The molecule has 3 aromatic heterocycles. The highest BCUT2D eigenvalue weighted by molar-refractivity contribution is 5.78. The number of nitrogens with zero attached hydrogens (tertiary/aromatic N) is 7. The van der Waals surface area contributed by atoms with Gasteiger partial charge in [0.25, 0.3) is 0 Å². The van der Waals surface area contributed by atoms with Crippen LogP contribution in [0.3, 0.4) is 0 Å². The minimum Gasteiger partial charge on any atom is -0.497 e. The lowest BCUT2D eigenvalue weighted by Gasteiger charge is -2.11. The monoisotopic (exact) mass is 431 g/mol. The van der Waals surface area contributed by atoms with Gasteiger partial charge in [-0.05, 0) is 24.6 Å². The zero-order chi connectivity index (χ0) is 21.8. The summed E-state index contributed by atoms with van der Waals surface area (Å²) >= 11 is 0. The number of aromatic nitrogens is 6. The first-order chi connectivity index (χ1) is 15.6. The highest BCUT2D eigenvalue weighted by atomic mass is 16.5. The van der Waals surface area contributed by atoms with E-state index in [1.54, 1.807) is 18.3 Å². The van der Waals surface area contributed by atoms with E-state index >= 15 is 0 Å². The van der Waals surface area contributed by atoms with Crippen molar-refractivity contribution in [3.63, 3.8) is 0 Å². The van der Waals surface area contributed by atoms with Crippen LogP contribution < -0.4 is 4.74 Å². The molecule has 162 valence electrons. The molecular weight excluding hydrogens is 410 g/mol. The Bertz CT molecular complexity index is 1350. The van der Waals surface area contributed by atoms with E-state index in [0.717, 1.165) is 46.9 Å². The normalized spacial score (nSPS) is 14.8.